The predicted octanol–water partition coefficient (Wildman–Crippen LogP) is 3.12. The summed E-state index contributed by atoms with van der Waals surface area (Å²) in [5.74, 6) is 0.331. The zero-order chi connectivity index (χ0) is 13.9. The van der Waals surface area contributed by atoms with E-state index in [1.807, 2.05) is 31.2 Å². The number of carbonyl (C=O) groups is 1. The second-order valence-corrected chi connectivity index (χ2v) is 5.73. The van der Waals surface area contributed by atoms with Gasteiger partial charge in [0.05, 0.1) is 6.54 Å². The molecule has 1 aliphatic rings. The minimum absolute atomic E-state index is 0.136. The van der Waals surface area contributed by atoms with Gasteiger partial charge >= 0.3 is 0 Å². The summed E-state index contributed by atoms with van der Waals surface area (Å²) in [7, 11) is 1.65. The van der Waals surface area contributed by atoms with Gasteiger partial charge in [-0.05, 0) is 37.5 Å². The number of halogens is 1. The summed E-state index contributed by atoms with van der Waals surface area (Å²) < 4.78 is 5.59. The molecule has 1 saturated carbocycles. The fraction of sp³-hybridized carbons (Fsp3) is 0.533. The maximum absolute atomic E-state index is 11.9. The summed E-state index contributed by atoms with van der Waals surface area (Å²) in [5, 5.41) is 3.66. The number of hydrogen-bond donors (Lipinski definition) is 1. The summed E-state index contributed by atoms with van der Waals surface area (Å²) in [5.41, 5.74) is 0.418. The fourth-order valence-corrected chi connectivity index (χ4v) is 2.37. The van der Waals surface area contributed by atoms with E-state index in [4.69, 9.17) is 16.3 Å². The number of methoxy groups -OCH3 is 1. The van der Waals surface area contributed by atoms with Crippen LogP contribution in [-0.2, 0) is 15.1 Å². The van der Waals surface area contributed by atoms with Crippen LogP contribution >= 0.6 is 11.6 Å². The molecule has 0 unspecified atom stereocenters. The van der Waals surface area contributed by atoms with Gasteiger partial charge in [0.25, 0.3) is 0 Å². The molecule has 0 aliphatic heterocycles. The molecular weight excluding hydrogens is 262 g/mol. The van der Waals surface area contributed by atoms with Gasteiger partial charge in [0.1, 0.15) is 5.60 Å². The molecule has 0 saturated heterocycles. The van der Waals surface area contributed by atoms with Crippen molar-refractivity contribution in [3.05, 3.63) is 34.9 Å². The molecule has 19 heavy (non-hydrogen) atoms. The lowest BCUT2D eigenvalue weighted by Crippen LogP contribution is -2.43. The van der Waals surface area contributed by atoms with E-state index in [1.54, 1.807) is 7.11 Å². The highest BCUT2D eigenvalue weighted by atomic mass is 35.5. The molecule has 104 valence electrons. The molecule has 0 heterocycles. The van der Waals surface area contributed by atoms with Crippen molar-refractivity contribution < 1.29 is 9.53 Å². The molecule has 0 aromatic heterocycles. The van der Waals surface area contributed by atoms with Crippen LogP contribution in [0, 0.1) is 5.92 Å². The standard InChI is InChI=1S/C15H20ClNO2/c1-15(19-2,12-7-4-8-13(16)9-12)10-17-14(18)11-5-3-6-11/h4,7-9,11H,3,5-6,10H2,1-2H3,(H,17,18)/t15-/m1/s1. The van der Waals surface area contributed by atoms with E-state index in [2.05, 4.69) is 5.32 Å². The normalized spacial score (nSPS) is 18.5. The van der Waals surface area contributed by atoms with Gasteiger partial charge in [-0.15, -0.1) is 0 Å². The summed E-state index contributed by atoms with van der Waals surface area (Å²) in [6.45, 7) is 2.42. The van der Waals surface area contributed by atoms with E-state index in [0.717, 1.165) is 24.8 Å². The van der Waals surface area contributed by atoms with E-state index in [1.165, 1.54) is 0 Å². The lowest BCUT2D eigenvalue weighted by atomic mass is 9.84. The zero-order valence-corrected chi connectivity index (χ0v) is 12.2. The van der Waals surface area contributed by atoms with Gasteiger partial charge in [0, 0.05) is 18.1 Å². The molecule has 1 amide bonds. The predicted molar refractivity (Wildman–Crippen MR) is 76.2 cm³/mol. The molecule has 0 bridgehead atoms. The lowest BCUT2D eigenvalue weighted by Gasteiger charge is -2.31. The number of amides is 1. The van der Waals surface area contributed by atoms with E-state index in [9.17, 15) is 4.79 Å². The van der Waals surface area contributed by atoms with Crippen molar-refractivity contribution in [2.45, 2.75) is 31.8 Å². The number of rotatable bonds is 5. The van der Waals surface area contributed by atoms with Gasteiger partial charge in [-0.1, -0.05) is 30.2 Å². The van der Waals surface area contributed by atoms with E-state index >= 15 is 0 Å². The van der Waals surface area contributed by atoms with Crippen LogP contribution in [0.3, 0.4) is 0 Å². The van der Waals surface area contributed by atoms with Crippen molar-refractivity contribution in [3.63, 3.8) is 0 Å². The van der Waals surface area contributed by atoms with Crippen LogP contribution in [0.2, 0.25) is 5.02 Å². The van der Waals surface area contributed by atoms with Crippen molar-refractivity contribution >= 4 is 17.5 Å². The number of nitrogens with one attached hydrogen (secondary N) is 1. The largest absolute Gasteiger partial charge is 0.372 e. The van der Waals surface area contributed by atoms with Crippen LogP contribution in [0.25, 0.3) is 0 Å². The number of hydrogen-bond acceptors (Lipinski definition) is 2. The van der Waals surface area contributed by atoms with Crippen molar-refractivity contribution in [2.24, 2.45) is 5.92 Å². The van der Waals surface area contributed by atoms with Crippen molar-refractivity contribution in [1.29, 1.82) is 0 Å². The van der Waals surface area contributed by atoms with Crippen LogP contribution < -0.4 is 5.32 Å². The van der Waals surface area contributed by atoms with Crippen molar-refractivity contribution in [1.82, 2.24) is 5.32 Å². The van der Waals surface area contributed by atoms with Gasteiger partial charge in [-0.3, -0.25) is 4.79 Å². The minimum Gasteiger partial charge on any atom is -0.372 e. The Hall–Kier alpha value is -1.06. The quantitative estimate of drug-likeness (QED) is 0.900. The number of carbonyl (C=O) groups excluding carboxylic acids is 1. The molecule has 1 fully saturated rings. The second-order valence-electron chi connectivity index (χ2n) is 5.29. The SMILES string of the molecule is CO[C@](C)(CNC(=O)C1CCC1)c1cccc(Cl)c1. The molecule has 1 aromatic rings. The highest BCUT2D eigenvalue weighted by molar-refractivity contribution is 6.30. The highest BCUT2D eigenvalue weighted by Crippen LogP contribution is 2.28. The van der Waals surface area contributed by atoms with Gasteiger partial charge in [0.2, 0.25) is 5.91 Å². The third-order valence-corrected chi connectivity index (χ3v) is 4.20. The van der Waals surface area contributed by atoms with Crippen LogP contribution in [0.15, 0.2) is 24.3 Å². The minimum atomic E-state index is -0.551. The van der Waals surface area contributed by atoms with Crippen LogP contribution in [-0.4, -0.2) is 19.6 Å². The molecule has 1 atom stereocenters. The molecule has 1 N–H and O–H groups in total. The van der Waals surface area contributed by atoms with Crippen LogP contribution in [0.5, 0.6) is 0 Å². The maximum Gasteiger partial charge on any atom is 0.223 e. The summed E-state index contributed by atoms with van der Waals surface area (Å²) in [6.07, 6.45) is 3.17. The Bertz CT molecular complexity index is 459. The summed E-state index contributed by atoms with van der Waals surface area (Å²) in [4.78, 5) is 11.9. The molecular formula is C15H20ClNO2. The molecule has 0 spiro atoms. The van der Waals surface area contributed by atoms with Gasteiger partial charge in [-0.25, -0.2) is 0 Å². The first-order chi connectivity index (χ1) is 9.05. The van der Waals surface area contributed by atoms with Crippen LogP contribution in [0.4, 0.5) is 0 Å². The Morgan fingerprint density at radius 3 is 2.79 bits per heavy atom. The topological polar surface area (TPSA) is 38.3 Å². The molecule has 4 heteroatoms. The Morgan fingerprint density at radius 1 is 1.53 bits per heavy atom. The van der Waals surface area contributed by atoms with Crippen LogP contribution in [0.1, 0.15) is 31.7 Å². The number of benzene rings is 1. The van der Waals surface area contributed by atoms with E-state index < -0.39 is 5.60 Å². The maximum atomic E-state index is 11.9. The fourth-order valence-electron chi connectivity index (χ4n) is 2.18. The Kier molecular flexibility index (Phi) is 4.48. The smallest absolute Gasteiger partial charge is 0.223 e. The molecule has 1 aliphatic carbocycles. The monoisotopic (exact) mass is 281 g/mol. The first kappa shape index (κ1) is 14.4. The lowest BCUT2D eigenvalue weighted by molar-refractivity contribution is -0.129. The Labute approximate surface area is 119 Å². The zero-order valence-electron chi connectivity index (χ0n) is 11.4. The summed E-state index contributed by atoms with van der Waals surface area (Å²) in [6, 6.07) is 7.56. The van der Waals surface area contributed by atoms with Gasteiger partial charge in [-0.2, -0.15) is 0 Å². The average Bonchev–Trinajstić information content (AvgIpc) is 2.34. The first-order valence-electron chi connectivity index (χ1n) is 6.64. The first-order valence-corrected chi connectivity index (χ1v) is 7.02. The summed E-state index contributed by atoms with van der Waals surface area (Å²) >= 11 is 6.01. The highest BCUT2D eigenvalue weighted by Gasteiger charge is 2.30. The third kappa shape index (κ3) is 3.28. The Morgan fingerprint density at radius 2 is 2.26 bits per heavy atom. The Balaban J connectivity index is 2.03. The van der Waals surface area contributed by atoms with E-state index in [-0.39, 0.29) is 11.8 Å². The molecule has 3 nitrogen and oxygen atoms in total. The molecule has 1 aromatic carbocycles. The van der Waals surface area contributed by atoms with Crippen molar-refractivity contribution in [3.8, 4) is 0 Å². The van der Waals surface area contributed by atoms with Gasteiger partial charge in [0.15, 0.2) is 0 Å². The number of ether oxygens (including phenoxy) is 1. The second kappa shape index (κ2) is 5.93. The molecule has 2 rings (SSSR count). The average molecular weight is 282 g/mol. The van der Waals surface area contributed by atoms with Gasteiger partial charge < -0.3 is 10.1 Å². The van der Waals surface area contributed by atoms with E-state index in [0.29, 0.717) is 11.6 Å². The van der Waals surface area contributed by atoms with Crippen molar-refractivity contribution in [2.75, 3.05) is 13.7 Å². The third-order valence-electron chi connectivity index (χ3n) is 3.96. The molecule has 0 radical (unpaired) electrons.